The minimum atomic E-state index is 0.563. The van der Waals surface area contributed by atoms with Gasteiger partial charge in [0.2, 0.25) is 0 Å². The van der Waals surface area contributed by atoms with Crippen molar-refractivity contribution in [3.05, 3.63) is 16.1 Å². The lowest BCUT2D eigenvalue weighted by molar-refractivity contribution is 0.373. The Bertz CT molecular complexity index is 313. The molecule has 3 heteroatoms. The molecule has 0 saturated heterocycles. The van der Waals surface area contributed by atoms with Gasteiger partial charge in [0.05, 0.1) is 5.01 Å². The largest absolute Gasteiger partial charge is 0.309 e. The Morgan fingerprint density at radius 1 is 1.38 bits per heavy atom. The third-order valence-corrected chi connectivity index (χ3v) is 4.53. The molecule has 16 heavy (non-hydrogen) atoms. The van der Waals surface area contributed by atoms with Gasteiger partial charge >= 0.3 is 0 Å². The van der Waals surface area contributed by atoms with E-state index in [0.29, 0.717) is 5.92 Å². The molecule has 0 bridgehead atoms. The molecule has 1 fully saturated rings. The lowest BCUT2D eigenvalue weighted by Gasteiger charge is -2.22. The van der Waals surface area contributed by atoms with Crippen LogP contribution >= 0.6 is 11.3 Å². The molecule has 0 unspecified atom stereocenters. The van der Waals surface area contributed by atoms with E-state index < -0.39 is 0 Å². The van der Waals surface area contributed by atoms with Gasteiger partial charge in [-0.15, -0.1) is 11.3 Å². The molecule has 0 amide bonds. The molecule has 0 spiro atoms. The summed E-state index contributed by atoms with van der Waals surface area (Å²) in [7, 11) is 0. The minimum absolute atomic E-state index is 0.563. The number of thiazole rings is 1. The highest BCUT2D eigenvalue weighted by Crippen LogP contribution is 2.22. The van der Waals surface area contributed by atoms with Gasteiger partial charge in [0, 0.05) is 29.6 Å². The van der Waals surface area contributed by atoms with Gasteiger partial charge in [0.1, 0.15) is 0 Å². The molecule has 1 aromatic heterocycles. The molecule has 1 heterocycles. The molecule has 0 radical (unpaired) electrons. The van der Waals surface area contributed by atoms with Gasteiger partial charge in [0.25, 0.3) is 0 Å². The average molecular weight is 238 g/mol. The molecule has 1 N–H and O–H groups in total. The summed E-state index contributed by atoms with van der Waals surface area (Å²) in [5.41, 5.74) is 0. The second-order valence-corrected chi connectivity index (χ2v) is 6.18. The highest BCUT2D eigenvalue weighted by atomic mass is 32.1. The number of nitrogens with zero attached hydrogens (tertiary/aromatic N) is 1. The highest BCUT2D eigenvalue weighted by molar-refractivity contribution is 7.11. The highest BCUT2D eigenvalue weighted by Gasteiger charge is 2.13. The van der Waals surface area contributed by atoms with Gasteiger partial charge in [-0.1, -0.05) is 33.1 Å². The molecule has 2 nitrogen and oxygen atoms in total. The van der Waals surface area contributed by atoms with Crippen molar-refractivity contribution in [2.75, 3.05) is 0 Å². The molecular weight excluding hydrogens is 216 g/mol. The number of nitrogens with one attached hydrogen (secondary N) is 1. The minimum Gasteiger partial charge on any atom is -0.309 e. The number of hydrogen-bond donors (Lipinski definition) is 1. The normalized spacial score (nSPS) is 18.2. The Labute approximate surface area is 102 Å². The summed E-state index contributed by atoms with van der Waals surface area (Å²) in [5, 5.41) is 4.92. The van der Waals surface area contributed by atoms with Crippen LogP contribution in [0.5, 0.6) is 0 Å². The zero-order valence-corrected chi connectivity index (χ0v) is 11.1. The first-order valence-electron chi connectivity index (χ1n) is 6.43. The van der Waals surface area contributed by atoms with E-state index in [-0.39, 0.29) is 0 Å². The second-order valence-electron chi connectivity index (χ2n) is 5.04. The first kappa shape index (κ1) is 12.1. The van der Waals surface area contributed by atoms with Crippen LogP contribution in [0.2, 0.25) is 0 Å². The first-order valence-corrected chi connectivity index (χ1v) is 7.25. The molecule has 1 saturated carbocycles. The van der Waals surface area contributed by atoms with Crippen LogP contribution in [0.25, 0.3) is 0 Å². The van der Waals surface area contributed by atoms with E-state index in [2.05, 4.69) is 24.1 Å². The van der Waals surface area contributed by atoms with Crippen molar-refractivity contribution in [1.29, 1.82) is 0 Å². The summed E-state index contributed by atoms with van der Waals surface area (Å²) in [6.45, 7) is 5.42. The lowest BCUT2D eigenvalue weighted by atomic mass is 9.95. The fraction of sp³-hybridized carbons (Fsp3) is 0.769. The summed E-state index contributed by atoms with van der Waals surface area (Å²) in [6.07, 6.45) is 8.98. The van der Waals surface area contributed by atoms with Gasteiger partial charge in [0.15, 0.2) is 0 Å². The predicted octanol–water partition coefficient (Wildman–Crippen LogP) is 3.69. The van der Waals surface area contributed by atoms with Crippen molar-refractivity contribution in [3.63, 3.8) is 0 Å². The van der Waals surface area contributed by atoms with E-state index in [0.717, 1.165) is 12.6 Å². The summed E-state index contributed by atoms with van der Waals surface area (Å²) in [4.78, 5) is 5.84. The molecular formula is C13H22N2S. The molecule has 0 aromatic carbocycles. The van der Waals surface area contributed by atoms with Crippen LogP contribution in [0.4, 0.5) is 0 Å². The summed E-state index contributed by atoms with van der Waals surface area (Å²) in [5.74, 6) is 0.563. The molecule has 0 atom stereocenters. The van der Waals surface area contributed by atoms with Gasteiger partial charge in [-0.2, -0.15) is 0 Å². The van der Waals surface area contributed by atoms with Gasteiger partial charge in [-0.25, -0.2) is 4.98 Å². The first-order chi connectivity index (χ1) is 7.75. The summed E-state index contributed by atoms with van der Waals surface area (Å²) < 4.78 is 0. The monoisotopic (exact) mass is 238 g/mol. The standard InChI is InChI=1S/C13H22N2S/c1-10(2)13-15-9-12(16-13)8-14-11-6-4-3-5-7-11/h9-11,14H,3-8H2,1-2H3. The smallest absolute Gasteiger partial charge is 0.0953 e. The van der Waals surface area contributed by atoms with Crippen molar-refractivity contribution in [2.24, 2.45) is 0 Å². The number of rotatable bonds is 4. The lowest BCUT2D eigenvalue weighted by Crippen LogP contribution is -2.30. The fourth-order valence-corrected chi connectivity index (χ4v) is 3.09. The maximum Gasteiger partial charge on any atom is 0.0953 e. The summed E-state index contributed by atoms with van der Waals surface area (Å²) >= 11 is 1.86. The molecule has 1 aliphatic carbocycles. The average Bonchev–Trinajstić information content (AvgIpc) is 2.76. The Hall–Kier alpha value is -0.410. The van der Waals surface area contributed by atoms with E-state index in [1.807, 2.05) is 17.5 Å². The van der Waals surface area contributed by atoms with Crippen LogP contribution in [0, 0.1) is 0 Å². The van der Waals surface area contributed by atoms with E-state index in [4.69, 9.17) is 0 Å². The number of aromatic nitrogens is 1. The van der Waals surface area contributed by atoms with Gasteiger partial charge < -0.3 is 5.32 Å². The third kappa shape index (κ3) is 3.29. The van der Waals surface area contributed by atoms with Crippen molar-refractivity contribution in [3.8, 4) is 0 Å². The Morgan fingerprint density at radius 2 is 2.12 bits per heavy atom. The van der Waals surface area contributed by atoms with Crippen molar-refractivity contribution >= 4 is 11.3 Å². The maximum atomic E-state index is 4.46. The molecule has 90 valence electrons. The van der Waals surface area contributed by atoms with Crippen molar-refractivity contribution < 1.29 is 0 Å². The zero-order valence-electron chi connectivity index (χ0n) is 10.3. The molecule has 2 rings (SSSR count). The SMILES string of the molecule is CC(C)c1ncc(CNC2CCCCC2)s1. The van der Waals surface area contributed by atoms with Crippen LogP contribution in [-0.4, -0.2) is 11.0 Å². The number of hydrogen-bond acceptors (Lipinski definition) is 3. The van der Waals surface area contributed by atoms with E-state index >= 15 is 0 Å². The maximum absolute atomic E-state index is 4.46. The van der Waals surface area contributed by atoms with E-state index in [1.165, 1.54) is 42.0 Å². The van der Waals surface area contributed by atoms with Crippen molar-refractivity contribution in [1.82, 2.24) is 10.3 Å². The Kier molecular flexibility index (Phi) is 4.36. The van der Waals surface area contributed by atoms with Crippen molar-refractivity contribution in [2.45, 2.75) is 64.5 Å². The fourth-order valence-electron chi connectivity index (χ4n) is 2.22. The quantitative estimate of drug-likeness (QED) is 0.865. The van der Waals surface area contributed by atoms with Crippen LogP contribution in [0.1, 0.15) is 61.8 Å². The second kappa shape index (κ2) is 5.78. The third-order valence-electron chi connectivity index (χ3n) is 3.24. The van der Waals surface area contributed by atoms with Crippen LogP contribution in [0.15, 0.2) is 6.20 Å². The topological polar surface area (TPSA) is 24.9 Å². The molecule has 1 aliphatic rings. The zero-order chi connectivity index (χ0) is 11.4. The van der Waals surface area contributed by atoms with Crippen LogP contribution in [0.3, 0.4) is 0 Å². The van der Waals surface area contributed by atoms with Crippen LogP contribution < -0.4 is 5.32 Å². The van der Waals surface area contributed by atoms with Gasteiger partial charge in [-0.05, 0) is 12.8 Å². The van der Waals surface area contributed by atoms with E-state index in [1.54, 1.807) is 0 Å². The molecule has 0 aliphatic heterocycles. The summed E-state index contributed by atoms with van der Waals surface area (Å²) in [6, 6.07) is 0.748. The van der Waals surface area contributed by atoms with Crippen LogP contribution in [-0.2, 0) is 6.54 Å². The Morgan fingerprint density at radius 3 is 2.75 bits per heavy atom. The Balaban J connectivity index is 1.79. The van der Waals surface area contributed by atoms with Gasteiger partial charge in [-0.3, -0.25) is 0 Å². The van der Waals surface area contributed by atoms with E-state index in [9.17, 15) is 0 Å². The molecule has 1 aromatic rings. The predicted molar refractivity (Wildman–Crippen MR) is 69.9 cm³/mol.